The van der Waals surface area contributed by atoms with Crippen molar-refractivity contribution in [3.63, 3.8) is 0 Å². The summed E-state index contributed by atoms with van der Waals surface area (Å²) in [6.07, 6.45) is 1.11. The summed E-state index contributed by atoms with van der Waals surface area (Å²) in [6, 6.07) is 14.9. The Kier molecular flexibility index (Phi) is 3.31. The van der Waals surface area contributed by atoms with Crippen LogP contribution >= 0.6 is 27.5 Å². The first-order valence-corrected chi connectivity index (χ1v) is 7.49. The molecule has 1 aliphatic rings. The molecule has 0 unspecified atom stereocenters. The number of para-hydroxylation sites is 1. The lowest BCUT2D eigenvalue weighted by Gasteiger charge is -2.20. The predicted octanol–water partition coefficient (Wildman–Crippen LogP) is 4.93. The van der Waals surface area contributed by atoms with E-state index in [0.717, 1.165) is 28.9 Å². The van der Waals surface area contributed by atoms with E-state index in [1.54, 1.807) is 0 Å². The van der Waals surface area contributed by atoms with Crippen LogP contribution in [-0.4, -0.2) is 6.54 Å². The molecule has 3 rings (SSSR count). The molecule has 0 N–H and O–H groups in total. The minimum Gasteiger partial charge on any atom is -0.341 e. The van der Waals surface area contributed by atoms with Crippen molar-refractivity contribution < 1.29 is 0 Å². The number of nitrogens with zero attached hydrogens (tertiary/aromatic N) is 1. The van der Waals surface area contributed by atoms with Gasteiger partial charge in [0.25, 0.3) is 0 Å². The largest absolute Gasteiger partial charge is 0.341 e. The van der Waals surface area contributed by atoms with Crippen LogP contribution in [0.4, 0.5) is 11.4 Å². The van der Waals surface area contributed by atoms with Crippen molar-refractivity contribution in [2.45, 2.75) is 11.8 Å². The average molecular weight is 323 g/mol. The fourth-order valence-corrected chi connectivity index (χ4v) is 3.31. The summed E-state index contributed by atoms with van der Waals surface area (Å²) in [5, 5.41) is 1.62. The quantitative estimate of drug-likeness (QED) is 0.709. The number of fused-ring (bicyclic) bond motifs is 1. The molecule has 2 aromatic rings. The number of benzene rings is 2. The van der Waals surface area contributed by atoms with E-state index in [1.807, 2.05) is 0 Å². The second-order valence-electron chi connectivity index (χ2n) is 4.44. The maximum absolute atomic E-state index is 6.28. The molecule has 1 nitrogen and oxygen atoms in total. The summed E-state index contributed by atoms with van der Waals surface area (Å²) >= 11 is 9.72. The minimum absolute atomic E-state index is 0.794. The van der Waals surface area contributed by atoms with Crippen LogP contribution in [0.25, 0.3) is 0 Å². The summed E-state index contributed by atoms with van der Waals surface area (Å²) in [4.78, 5) is 2.33. The monoisotopic (exact) mass is 321 g/mol. The lowest BCUT2D eigenvalue weighted by atomic mass is 10.1. The molecule has 0 aliphatic carbocycles. The number of alkyl halides is 1. The lowest BCUT2D eigenvalue weighted by Crippen LogP contribution is -2.13. The molecular formula is C15H13BrClN. The van der Waals surface area contributed by atoms with Crippen molar-refractivity contribution in [1.29, 1.82) is 0 Å². The molecule has 0 aromatic heterocycles. The average Bonchev–Trinajstić information content (AvgIpc) is 2.82. The summed E-state index contributed by atoms with van der Waals surface area (Å²) in [5.41, 5.74) is 5.03. The zero-order chi connectivity index (χ0) is 12.5. The molecule has 1 aliphatic heterocycles. The van der Waals surface area contributed by atoms with E-state index in [4.69, 9.17) is 11.6 Å². The Morgan fingerprint density at radius 1 is 1.17 bits per heavy atom. The second kappa shape index (κ2) is 4.94. The van der Waals surface area contributed by atoms with Crippen LogP contribution in [0.2, 0.25) is 5.02 Å². The Morgan fingerprint density at radius 2 is 2.00 bits per heavy atom. The third-order valence-corrected chi connectivity index (χ3v) is 4.34. The van der Waals surface area contributed by atoms with Crippen LogP contribution in [0.5, 0.6) is 0 Å². The van der Waals surface area contributed by atoms with Crippen LogP contribution in [0.15, 0.2) is 42.5 Å². The molecule has 0 saturated carbocycles. The first-order chi connectivity index (χ1) is 8.79. The fraction of sp³-hybridized carbons (Fsp3) is 0.200. The topological polar surface area (TPSA) is 3.24 Å². The Bertz CT molecular complexity index is 582. The lowest BCUT2D eigenvalue weighted by molar-refractivity contribution is 0.998. The molecule has 0 saturated heterocycles. The smallest absolute Gasteiger partial charge is 0.0467 e. The predicted molar refractivity (Wildman–Crippen MR) is 81.2 cm³/mol. The Balaban J connectivity index is 2.00. The molecule has 3 heteroatoms. The standard InChI is InChI=1S/C15H13BrClN/c16-10-12-5-6-13(9-14(12)17)18-8-7-11-3-1-2-4-15(11)18/h1-6,9H,7-8,10H2. The van der Waals surface area contributed by atoms with E-state index in [2.05, 4.69) is 63.3 Å². The van der Waals surface area contributed by atoms with Gasteiger partial charge >= 0.3 is 0 Å². The van der Waals surface area contributed by atoms with E-state index >= 15 is 0 Å². The molecule has 1 heterocycles. The molecule has 2 aromatic carbocycles. The van der Waals surface area contributed by atoms with Crippen molar-refractivity contribution in [3.05, 3.63) is 58.6 Å². The maximum atomic E-state index is 6.28. The number of hydrogen-bond acceptors (Lipinski definition) is 1. The normalized spacial score (nSPS) is 13.8. The summed E-state index contributed by atoms with van der Waals surface area (Å²) in [5.74, 6) is 0. The van der Waals surface area contributed by atoms with Gasteiger partial charge < -0.3 is 4.90 Å². The molecular weight excluding hydrogens is 310 g/mol. The highest BCUT2D eigenvalue weighted by molar-refractivity contribution is 9.08. The van der Waals surface area contributed by atoms with Crippen molar-refractivity contribution >= 4 is 38.9 Å². The van der Waals surface area contributed by atoms with Crippen molar-refractivity contribution in [2.24, 2.45) is 0 Å². The molecule has 18 heavy (non-hydrogen) atoms. The molecule has 0 bridgehead atoms. The number of anilines is 2. The molecule has 0 radical (unpaired) electrons. The maximum Gasteiger partial charge on any atom is 0.0467 e. The van der Waals surface area contributed by atoms with Crippen LogP contribution < -0.4 is 4.90 Å². The van der Waals surface area contributed by atoms with Gasteiger partial charge in [-0.1, -0.05) is 51.8 Å². The fourth-order valence-electron chi connectivity index (χ4n) is 2.42. The molecule has 92 valence electrons. The minimum atomic E-state index is 0.794. The summed E-state index contributed by atoms with van der Waals surface area (Å²) in [7, 11) is 0. The van der Waals surface area contributed by atoms with Gasteiger partial charge in [0.1, 0.15) is 0 Å². The SMILES string of the molecule is Clc1cc(N2CCc3ccccc32)ccc1CBr. The second-order valence-corrected chi connectivity index (χ2v) is 5.41. The van der Waals surface area contributed by atoms with Gasteiger partial charge in [-0.2, -0.15) is 0 Å². The molecule has 0 amide bonds. The van der Waals surface area contributed by atoms with Gasteiger partial charge in [0.05, 0.1) is 0 Å². The van der Waals surface area contributed by atoms with E-state index in [9.17, 15) is 0 Å². The Labute approximate surface area is 121 Å². The van der Waals surface area contributed by atoms with Crippen LogP contribution in [0, 0.1) is 0 Å². The van der Waals surface area contributed by atoms with Gasteiger partial charge in [0, 0.05) is 28.3 Å². The Hall–Kier alpha value is -0.990. The molecule has 0 spiro atoms. The number of halogens is 2. The zero-order valence-corrected chi connectivity index (χ0v) is 12.2. The van der Waals surface area contributed by atoms with Gasteiger partial charge in [-0.05, 0) is 35.7 Å². The van der Waals surface area contributed by atoms with Crippen molar-refractivity contribution in [2.75, 3.05) is 11.4 Å². The number of rotatable bonds is 2. The van der Waals surface area contributed by atoms with E-state index in [0.29, 0.717) is 0 Å². The van der Waals surface area contributed by atoms with Crippen molar-refractivity contribution in [1.82, 2.24) is 0 Å². The third-order valence-electron chi connectivity index (χ3n) is 3.38. The highest BCUT2D eigenvalue weighted by Gasteiger charge is 2.20. The van der Waals surface area contributed by atoms with Crippen LogP contribution in [-0.2, 0) is 11.8 Å². The van der Waals surface area contributed by atoms with E-state index in [1.165, 1.54) is 16.9 Å². The van der Waals surface area contributed by atoms with Gasteiger partial charge in [-0.15, -0.1) is 0 Å². The van der Waals surface area contributed by atoms with Gasteiger partial charge in [0.2, 0.25) is 0 Å². The highest BCUT2D eigenvalue weighted by Crippen LogP contribution is 2.36. The highest BCUT2D eigenvalue weighted by atomic mass is 79.9. The first kappa shape index (κ1) is 12.1. The first-order valence-electron chi connectivity index (χ1n) is 5.99. The van der Waals surface area contributed by atoms with Crippen LogP contribution in [0.3, 0.4) is 0 Å². The van der Waals surface area contributed by atoms with Gasteiger partial charge in [-0.25, -0.2) is 0 Å². The molecule has 0 fully saturated rings. The Morgan fingerprint density at radius 3 is 2.78 bits per heavy atom. The molecule has 0 atom stereocenters. The van der Waals surface area contributed by atoms with E-state index < -0.39 is 0 Å². The van der Waals surface area contributed by atoms with Crippen LogP contribution in [0.1, 0.15) is 11.1 Å². The zero-order valence-electron chi connectivity index (χ0n) is 9.87. The van der Waals surface area contributed by atoms with Gasteiger partial charge in [-0.3, -0.25) is 0 Å². The third kappa shape index (κ3) is 2.04. The van der Waals surface area contributed by atoms with Gasteiger partial charge in [0.15, 0.2) is 0 Å². The summed E-state index contributed by atoms with van der Waals surface area (Å²) < 4.78 is 0. The summed E-state index contributed by atoms with van der Waals surface area (Å²) in [6.45, 7) is 1.03. The number of hydrogen-bond donors (Lipinski definition) is 0. The van der Waals surface area contributed by atoms with Crippen molar-refractivity contribution in [3.8, 4) is 0 Å². The van der Waals surface area contributed by atoms with E-state index in [-0.39, 0.29) is 0 Å².